The Bertz CT molecular complexity index is 738. The summed E-state index contributed by atoms with van der Waals surface area (Å²) in [5.74, 6) is 0.679. The Hall–Kier alpha value is -2.10. The molecule has 25 heavy (non-hydrogen) atoms. The number of fused-ring (bicyclic) bond motifs is 1. The molecule has 4 heteroatoms. The second kappa shape index (κ2) is 7.03. The van der Waals surface area contributed by atoms with E-state index in [2.05, 4.69) is 18.8 Å². The summed E-state index contributed by atoms with van der Waals surface area (Å²) < 4.78 is 11.3. The maximum atomic E-state index is 12.5. The minimum Gasteiger partial charge on any atom is -0.489 e. The van der Waals surface area contributed by atoms with Crippen molar-refractivity contribution in [2.75, 3.05) is 13.2 Å². The van der Waals surface area contributed by atoms with Crippen LogP contribution in [0.1, 0.15) is 46.5 Å². The average Bonchev–Trinajstić information content (AvgIpc) is 2.61. The van der Waals surface area contributed by atoms with Crippen molar-refractivity contribution in [1.82, 2.24) is 4.98 Å². The first-order valence-electron chi connectivity index (χ1n) is 9.04. The molecule has 0 aliphatic heterocycles. The molecule has 1 fully saturated rings. The molecule has 0 N–H and O–H groups in total. The van der Waals surface area contributed by atoms with E-state index >= 15 is 0 Å². The van der Waals surface area contributed by atoms with Crippen LogP contribution in [0.2, 0.25) is 0 Å². The van der Waals surface area contributed by atoms with Crippen molar-refractivity contribution in [3.63, 3.8) is 0 Å². The predicted octanol–water partition coefficient (Wildman–Crippen LogP) is 4.76. The van der Waals surface area contributed by atoms with E-state index in [9.17, 15) is 4.79 Å². The van der Waals surface area contributed by atoms with Gasteiger partial charge in [0.05, 0.1) is 10.9 Å². The Morgan fingerprint density at radius 2 is 1.76 bits per heavy atom. The number of hydrogen-bond donors (Lipinski definition) is 0. The molecule has 0 unspecified atom stereocenters. The molecule has 4 nitrogen and oxygen atoms in total. The lowest BCUT2D eigenvalue weighted by Crippen LogP contribution is -2.37. The standard InChI is InChI=1S/C21H27NO3/c1-20(2)9-11-21(3,12-10-20)19(23)25-15-14-24-18-8-13-22-17-7-5-4-6-16(17)18/h4-8,13H,9-12,14-15H2,1-3H3. The molecular formula is C21H27NO3. The van der Waals surface area contributed by atoms with Crippen LogP contribution >= 0.6 is 0 Å². The number of rotatable bonds is 5. The summed E-state index contributed by atoms with van der Waals surface area (Å²) in [4.78, 5) is 16.8. The molecule has 2 aromatic rings. The number of para-hydroxylation sites is 1. The minimum atomic E-state index is -0.348. The smallest absolute Gasteiger partial charge is 0.311 e. The third-order valence-corrected chi connectivity index (χ3v) is 5.38. The SMILES string of the molecule is CC1(C)CCC(C)(C(=O)OCCOc2ccnc3ccccc23)CC1. The lowest BCUT2D eigenvalue weighted by Gasteiger charge is -2.39. The molecule has 134 valence electrons. The fourth-order valence-electron chi connectivity index (χ4n) is 3.34. The zero-order valence-electron chi connectivity index (χ0n) is 15.4. The van der Waals surface area contributed by atoms with Gasteiger partial charge in [-0.3, -0.25) is 9.78 Å². The van der Waals surface area contributed by atoms with E-state index < -0.39 is 0 Å². The highest BCUT2D eigenvalue weighted by molar-refractivity contribution is 5.84. The Kier molecular flexibility index (Phi) is 4.98. The van der Waals surface area contributed by atoms with E-state index in [4.69, 9.17) is 9.47 Å². The maximum Gasteiger partial charge on any atom is 0.311 e. The highest BCUT2D eigenvalue weighted by Crippen LogP contribution is 2.45. The lowest BCUT2D eigenvalue weighted by atomic mass is 9.66. The van der Waals surface area contributed by atoms with Crippen LogP contribution in [0.25, 0.3) is 10.9 Å². The molecule has 0 bridgehead atoms. The summed E-state index contributed by atoms with van der Waals surface area (Å²) in [6.07, 6.45) is 5.66. The second-order valence-electron chi connectivity index (χ2n) is 8.04. The Balaban J connectivity index is 1.50. The second-order valence-corrected chi connectivity index (χ2v) is 8.04. The predicted molar refractivity (Wildman–Crippen MR) is 98.6 cm³/mol. The average molecular weight is 341 g/mol. The number of nitrogens with zero attached hydrogens (tertiary/aromatic N) is 1. The van der Waals surface area contributed by atoms with E-state index in [1.807, 2.05) is 37.3 Å². The summed E-state index contributed by atoms with van der Waals surface area (Å²) in [5.41, 5.74) is 0.888. The zero-order valence-corrected chi connectivity index (χ0v) is 15.4. The van der Waals surface area contributed by atoms with Gasteiger partial charge in [0.15, 0.2) is 0 Å². The van der Waals surface area contributed by atoms with E-state index in [1.165, 1.54) is 0 Å². The van der Waals surface area contributed by atoms with E-state index in [0.717, 1.165) is 42.3 Å². The van der Waals surface area contributed by atoms with Gasteiger partial charge in [-0.1, -0.05) is 26.0 Å². The summed E-state index contributed by atoms with van der Waals surface area (Å²) in [7, 11) is 0. The first-order chi connectivity index (χ1) is 11.9. The van der Waals surface area contributed by atoms with Crippen molar-refractivity contribution in [3.05, 3.63) is 36.5 Å². The quantitative estimate of drug-likeness (QED) is 0.581. The summed E-state index contributed by atoms with van der Waals surface area (Å²) in [5, 5.41) is 0.970. The highest BCUT2D eigenvalue weighted by Gasteiger charge is 2.41. The first kappa shape index (κ1) is 17.7. The minimum absolute atomic E-state index is 0.0915. The maximum absolute atomic E-state index is 12.5. The largest absolute Gasteiger partial charge is 0.489 e. The molecule has 1 aromatic heterocycles. The molecular weight excluding hydrogens is 314 g/mol. The molecule has 3 rings (SSSR count). The number of ether oxygens (including phenoxy) is 2. The van der Waals surface area contributed by atoms with Gasteiger partial charge in [0, 0.05) is 11.6 Å². The number of carbonyl (C=O) groups is 1. The van der Waals surface area contributed by atoms with Crippen LogP contribution in [-0.4, -0.2) is 24.2 Å². The normalized spacial score (nSPS) is 18.7. The fourth-order valence-corrected chi connectivity index (χ4v) is 3.34. The van der Waals surface area contributed by atoms with Gasteiger partial charge in [0.1, 0.15) is 19.0 Å². The van der Waals surface area contributed by atoms with Gasteiger partial charge in [-0.25, -0.2) is 0 Å². The Labute approximate surface area is 149 Å². The number of hydrogen-bond acceptors (Lipinski definition) is 4. The molecule has 1 aliphatic rings. The molecule has 0 spiro atoms. The van der Waals surface area contributed by atoms with Crippen LogP contribution in [-0.2, 0) is 9.53 Å². The van der Waals surface area contributed by atoms with Crippen molar-refractivity contribution in [3.8, 4) is 5.75 Å². The van der Waals surface area contributed by atoms with E-state index in [1.54, 1.807) is 6.20 Å². The van der Waals surface area contributed by atoms with Gasteiger partial charge in [0.25, 0.3) is 0 Å². The van der Waals surface area contributed by atoms with Gasteiger partial charge in [-0.2, -0.15) is 0 Å². The van der Waals surface area contributed by atoms with Crippen molar-refractivity contribution < 1.29 is 14.3 Å². The van der Waals surface area contributed by atoms with Crippen LogP contribution in [0.5, 0.6) is 5.75 Å². The first-order valence-corrected chi connectivity index (χ1v) is 9.04. The van der Waals surface area contributed by atoms with Gasteiger partial charge in [0.2, 0.25) is 0 Å². The third kappa shape index (κ3) is 4.12. The van der Waals surface area contributed by atoms with E-state index in [-0.39, 0.29) is 18.0 Å². The number of esters is 1. The van der Waals surface area contributed by atoms with Gasteiger partial charge < -0.3 is 9.47 Å². The van der Waals surface area contributed by atoms with Crippen LogP contribution in [0.4, 0.5) is 0 Å². The molecule has 1 saturated carbocycles. The molecule has 0 atom stereocenters. The molecule has 1 aliphatic carbocycles. The molecule has 1 aromatic carbocycles. The molecule has 0 saturated heterocycles. The Morgan fingerprint density at radius 3 is 2.52 bits per heavy atom. The van der Waals surface area contributed by atoms with Crippen LogP contribution < -0.4 is 4.74 Å². The lowest BCUT2D eigenvalue weighted by molar-refractivity contribution is -0.158. The fraction of sp³-hybridized carbons (Fsp3) is 0.524. The van der Waals surface area contributed by atoms with Crippen molar-refractivity contribution in [1.29, 1.82) is 0 Å². The van der Waals surface area contributed by atoms with Crippen LogP contribution in [0.3, 0.4) is 0 Å². The molecule has 0 radical (unpaired) electrons. The van der Waals surface area contributed by atoms with Crippen molar-refractivity contribution >= 4 is 16.9 Å². The number of carbonyl (C=O) groups excluding carboxylic acids is 1. The number of aromatic nitrogens is 1. The van der Waals surface area contributed by atoms with Crippen molar-refractivity contribution in [2.24, 2.45) is 10.8 Å². The van der Waals surface area contributed by atoms with Crippen LogP contribution in [0.15, 0.2) is 36.5 Å². The van der Waals surface area contributed by atoms with Gasteiger partial charge >= 0.3 is 5.97 Å². The summed E-state index contributed by atoms with van der Waals surface area (Å²) in [6, 6.07) is 9.69. The van der Waals surface area contributed by atoms with E-state index in [0.29, 0.717) is 12.0 Å². The highest BCUT2D eigenvalue weighted by atomic mass is 16.6. The van der Waals surface area contributed by atoms with Gasteiger partial charge in [-0.05, 0) is 56.2 Å². The Morgan fingerprint density at radius 1 is 1.04 bits per heavy atom. The summed E-state index contributed by atoms with van der Waals surface area (Å²) >= 11 is 0. The number of pyridine rings is 1. The van der Waals surface area contributed by atoms with Crippen LogP contribution in [0, 0.1) is 10.8 Å². The molecule has 1 heterocycles. The van der Waals surface area contributed by atoms with Crippen molar-refractivity contribution in [2.45, 2.75) is 46.5 Å². The zero-order chi connectivity index (χ0) is 17.9. The number of benzene rings is 1. The van der Waals surface area contributed by atoms with Gasteiger partial charge in [-0.15, -0.1) is 0 Å². The monoisotopic (exact) mass is 341 g/mol. The molecule has 0 amide bonds. The summed E-state index contributed by atoms with van der Waals surface area (Å²) in [6.45, 7) is 7.19. The third-order valence-electron chi connectivity index (χ3n) is 5.38. The topological polar surface area (TPSA) is 48.4 Å².